The van der Waals surface area contributed by atoms with Crippen LogP contribution in [0.4, 0.5) is 0 Å². The van der Waals surface area contributed by atoms with Gasteiger partial charge in [0, 0.05) is 18.1 Å². The summed E-state index contributed by atoms with van der Waals surface area (Å²) in [6.07, 6.45) is 1.88. The first-order chi connectivity index (χ1) is 10.7. The van der Waals surface area contributed by atoms with Gasteiger partial charge in [-0.2, -0.15) is 0 Å². The summed E-state index contributed by atoms with van der Waals surface area (Å²) in [6.45, 7) is 1.92. The first-order valence-electron chi connectivity index (χ1n) is 6.84. The van der Waals surface area contributed by atoms with Crippen molar-refractivity contribution in [2.24, 2.45) is 5.16 Å². The molecule has 6 nitrogen and oxygen atoms in total. The van der Waals surface area contributed by atoms with Gasteiger partial charge in [-0.05, 0) is 31.2 Å². The van der Waals surface area contributed by atoms with Crippen molar-refractivity contribution in [3.63, 3.8) is 0 Å². The fraction of sp³-hybridized carbons (Fsp3) is 0.250. The van der Waals surface area contributed by atoms with Gasteiger partial charge in [-0.1, -0.05) is 5.16 Å². The Labute approximate surface area is 127 Å². The summed E-state index contributed by atoms with van der Waals surface area (Å²) < 4.78 is 15.9. The van der Waals surface area contributed by atoms with Gasteiger partial charge in [0.25, 0.3) is 0 Å². The third kappa shape index (κ3) is 2.81. The molecule has 0 bridgehead atoms. The van der Waals surface area contributed by atoms with Crippen LogP contribution in [-0.2, 0) is 4.84 Å². The molecule has 0 saturated heterocycles. The quantitative estimate of drug-likeness (QED) is 0.643. The van der Waals surface area contributed by atoms with Crippen LogP contribution in [0, 0.1) is 0 Å². The lowest BCUT2D eigenvalue weighted by atomic mass is 10.0. The molecule has 0 N–H and O–H groups in total. The zero-order valence-corrected chi connectivity index (χ0v) is 12.2. The normalized spacial score (nSPS) is 18.5. The number of furan rings is 1. The zero-order chi connectivity index (χ0) is 15.5. The average molecular weight is 301 g/mol. The number of hydrogen-bond acceptors (Lipinski definition) is 6. The van der Waals surface area contributed by atoms with Crippen LogP contribution in [0.1, 0.15) is 29.5 Å². The van der Waals surface area contributed by atoms with Gasteiger partial charge in [-0.3, -0.25) is 0 Å². The van der Waals surface area contributed by atoms with E-state index in [2.05, 4.69) is 5.16 Å². The van der Waals surface area contributed by atoms with Crippen molar-refractivity contribution in [3.8, 4) is 11.5 Å². The summed E-state index contributed by atoms with van der Waals surface area (Å²) in [5.41, 5.74) is 1.43. The SMILES string of the molecule is COc1ccc2c(c1)O[C@@H](C)C/C2=N/OC(=O)c1ccco1. The van der Waals surface area contributed by atoms with E-state index in [-0.39, 0.29) is 11.9 Å². The first kappa shape index (κ1) is 14.2. The standard InChI is InChI=1S/C16H15NO5/c1-10-8-13(17-22-16(18)14-4-3-7-20-14)12-6-5-11(19-2)9-15(12)21-10/h3-7,9-10H,8H2,1-2H3/b17-13-/t10-/m0/s1. The Hall–Kier alpha value is -2.76. The van der Waals surface area contributed by atoms with Gasteiger partial charge in [0.05, 0.1) is 19.1 Å². The molecule has 0 spiro atoms. The molecule has 1 aromatic heterocycles. The third-order valence-electron chi connectivity index (χ3n) is 3.27. The number of rotatable bonds is 3. The summed E-state index contributed by atoms with van der Waals surface area (Å²) in [4.78, 5) is 16.7. The molecule has 0 radical (unpaired) electrons. The van der Waals surface area contributed by atoms with Crippen molar-refractivity contribution in [1.82, 2.24) is 0 Å². The third-order valence-corrected chi connectivity index (χ3v) is 3.27. The highest BCUT2D eigenvalue weighted by Gasteiger charge is 2.24. The fourth-order valence-corrected chi connectivity index (χ4v) is 2.23. The molecule has 0 fully saturated rings. The monoisotopic (exact) mass is 301 g/mol. The number of carbonyl (C=O) groups is 1. The lowest BCUT2D eigenvalue weighted by Gasteiger charge is -2.24. The Bertz CT molecular complexity index is 705. The Morgan fingerprint density at radius 1 is 1.36 bits per heavy atom. The highest BCUT2D eigenvalue weighted by atomic mass is 16.7. The van der Waals surface area contributed by atoms with E-state index in [0.29, 0.717) is 23.6 Å². The zero-order valence-electron chi connectivity index (χ0n) is 12.2. The minimum absolute atomic E-state index is 0.0688. The van der Waals surface area contributed by atoms with Crippen LogP contribution in [0.15, 0.2) is 46.2 Å². The molecule has 0 aliphatic carbocycles. The number of nitrogens with zero attached hydrogens (tertiary/aromatic N) is 1. The van der Waals surface area contributed by atoms with Gasteiger partial charge in [0.15, 0.2) is 0 Å². The maximum Gasteiger partial charge on any atom is 0.400 e. The number of ether oxygens (including phenoxy) is 2. The van der Waals surface area contributed by atoms with Crippen molar-refractivity contribution in [1.29, 1.82) is 0 Å². The van der Waals surface area contributed by atoms with Crippen molar-refractivity contribution >= 4 is 11.7 Å². The molecule has 22 heavy (non-hydrogen) atoms. The number of methoxy groups -OCH3 is 1. The second kappa shape index (κ2) is 5.93. The van der Waals surface area contributed by atoms with Gasteiger partial charge < -0.3 is 18.7 Å². The smallest absolute Gasteiger partial charge is 0.400 e. The van der Waals surface area contributed by atoms with Gasteiger partial charge in [0.1, 0.15) is 17.6 Å². The van der Waals surface area contributed by atoms with E-state index in [9.17, 15) is 4.79 Å². The Kier molecular flexibility index (Phi) is 3.82. The molecule has 1 aromatic carbocycles. The molecule has 2 heterocycles. The average Bonchev–Trinajstić information content (AvgIpc) is 3.05. The molecule has 1 aliphatic rings. The summed E-state index contributed by atoms with van der Waals surface area (Å²) in [5.74, 6) is 0.830. The molecule has 2 aromatic rings. The van der Waals surface area contributed by atoms with Crippen LogP contribution in [0.2, 0.25) is 0 Å². The summed E-state index contributed by atoms with van der Waals surface area (Å²) >= 11 is 0. The molecule has 1 aliphatic heterocycles. The molecule has 6 heteroatoms. The van der Waals surface area contributed by atoms with E-state index >= 15 is 0 Å². The Morgan fingerprint density at radius 3 is 2.95 bits per heavy atom. The van der Waals surface area contributed by atoms with E-state index in [1.54, 1.807) is 19.2 Å². The van der Waals surface area contributed by atoms with E-state index < -0.39 is 5.97 Å². The van der Waals surface area contributed by atoms with Crippen molar-refractivity contribution in [2.45, 2.75) is 19.4 Å². The topological polar surface area (TPSA) is 70.3 Å². The lowest BCUT2D eigenvalue weighted by Crippen LogP contribution is -2.25. The molecular formula is C16H15NO5. The van der Waals surface area contributed by atoms with Crippen molar-refractivity contribution in [2.75, 3.05) is 7.11 Å². The Balaban J connectivity index is 1.85. The molecule has 0 saturated carbocycles. The van der Waals surface area contributed by atoms with Crippen LogP contribution in [0.3, 0.4) is 0 Å². The van der Waals surface area contributed by atoms with Gasteiger partial charge >= 0.3 is 5.97 Å². The minimum Gasteiger partial charge on any atom is -0.497 e. The minimum atomic E-state index is -0.633. The highest BCUT2D eigenvalue weighted by Crippen LogP contribution is 2.31. The number of oxime groups is 1. The maximum atomic E-state index is 11.8. The predicted octanol–water partition coefficient (Wildman–Crippen LogP) is 3.02. The van der Waals surface area contributed by atoms with Gasteiger partial charge in [-0.15, -0.1) is 0 Å². The molecule has 0 unspecified atom stereocenters. The highest BCUT2D eigenvalue weighted by molar-refractivity contribution is 6.04. The molecule has 114 valence electrons. The van der Waals surface area contributed by atoms with E-state index in [4.69, 9.17) is 18.7 Å². The summed E-state index contributed by atoms with van der Waals surface area (Å²) in [7, 11) is 1.59. The second-order valence-electron chi connectivity index (χ2n) is 4.89. The van der Waals surface area contributed by atoms with Crippen LogP contribution < -0.4 is 9.47 Å². The summed E-state index contributed by atoms with van der Waals surface area (Å²) in [5, 5.41) is 3.97. The first-order valence-corrected chi connectivity index (χ1v) is 6.84. The lowest BCUT2D eigenvalue weighted by molar-refractivity contribution is 0.0476. The van der Waals surface area contributed by atoms with Gasteiger partial charge in [-0.25, -0.2) is 4.79 Å². The maximum absolute atomic E-state index is 11.8. The Morgan fingerprint density at radius 2 is 2.23 bits per heavy atom. The van der Waals surface area contributed by atoms with Gasteiger partial charge in [0.2, 0.25) is 5.76 Å². The van der Waals surface area contributed by atoms with E-state index in [0.717, 1.165) is 5.56 Å². The number of fused-ring (bicyclic) bond motifs is 1. The largest absolute Gasteiger partial charge is 0.497 e. The van der Waals surface area contributed by atoms with E-state index in [1.165, 1.54) is 12.3 Å². The predicted molar refractivity (Wildman–Crippen MR) is 78.4 cm³/mol. The van der Waals surface area contributed by atoms with Crippen LogP contribution in [0.25, 0.3) is 0 Å². The molecule has 3 rings (SSSR count). The second-order valence-corrected chi connectivity index (χ2v) is 4.89. The van der Waals surface area contributed by atoms with Crippen LogP contribution in [-0.4, -0.2) is 24.9 Å². The van der Waals surface area contributed by atoms with Crippen molar-refractivity contribution < 1.29 is 23.5 Å². The molecule has 1 atom stereocenters. The number of hydrogen-bond donors (Lipinski definition) is 0. The number of benzene rings is 1. The fourth-order valence-electron chi connectivity index (χ4n) is 2.23. The summed E-state index contributed by atoms with van der Waals surface area (Å²) in [6, 6.07) is 8.56. The van der Waals surface area contributed by atoms with Crippen LogP contribution >= 0.6 is 0 Å². The van der Waals surface area contributed by atoms with E-state index in [1.807, 2.05) is 19.1 Å². The van der Waals surface area contributed by atoms with Crippen molar-refractivity contribution in [3.05, 3.63) is 47.9 Å². The molecule has 0 amide bonds. The molecular weight excluding hydrogens is 286 g/mol. The van der Waals surface area contributed by atoms with Crippen LogP contribution in [0.5, 0.6) is 11.5 Å². The number of carbonyl (C=O) groups excluding carboxylic acids is 1.